The number of aromatic amines is 2. The van der Waals surface area contributed by atoms with E-state index in [1.165, 1.54) is 14.2 Å². The number of methoxy groups -OCH3 is 3. The SMILES string of the molecule is COC(=O)N[C@H](C(=O)N1CCC[C@H]1c1ncc(-c2ccc3c(c2)OC(c2ccc(OC)cc2)n2c-3cc3cc(-c4cnc([C@@H]5CCCN5C(=O)[C@@H](NC(=O)OC)C(C)C)[nH]4)ccc32)[nH]1)C(C)C. The summed E-state index contributed by atoms with van der Waals surface area (Å²) in [5.74, 6) is 2.22. The molecule has 4 amide bonds. The fourth-order valence-electron chi connectivity index (χ4n) is 9.71. The van der Waals surface area contributed by atoms with Crippen LogP contribution in [0.25, 0.3) is 44.7 Å². The Balaban J connectivity index is 1.02. The number of nitrogens with zero attached hydrogens (tertiary/aromatic N) is 5. The van der Waals surface area contributed by atoms with Gasteiger partial charge in [0, 0.05) is 40.7 Å². The molecule has 3 aliphatic heterocycles. The third kappa shape index (κ3) is 8.53. The van der Waals surface area contributed by atoms with E-state index in [2.05, 4.69) is 55.5 Å². The fourth-order valence-corrected chi connectivity index (χ4v) is 9.71. The summed E-state index contributed by atoms with van der Waals surface area (Å²) < 4.78 is 24.3. The number of amides is 4. The van der Waals surface area contributed by atoms with Gasteiger partial charge in [-0.15, -0.1) is 0 Å². The van der Waals surface area contributed by atoms with Crippen molar-refractivity contribution in [3.8, 4) is 45.3 Å². The van der Waals surface area contributed by atoms with Gasteiger partial charge in [0.05, 0.1) is 68.4 Å². The van der Waals surface area contributed by atoms with Gasteiger partial charge in [0.2, 0.25) is 18.0 Å². The van der Waals surface area contributed by atoms with E-state index in [9.17, 15) is 19.2 Å². The predicted octanol–water partition coefficient (Wildman–Crippen LogP) is 8.12. The van der Waals surface area contributed by atoms with E-state index >= 15 is 0 Å². The van der Waals surface area contributed by atoms with Crippen molar-refractivity contribution >= 4 is 34.9 Å². The number of carbonyl (C=O) groups excluding carboxylic acids is 4. The number of alkyl carbamates (subject to hydrolysis) is 2. The number of nitrogens with one attached hydrogen (secondary N) is 4. The van der Waals surface area contributed by atoms with Crippen molar-refractivity contribution in [2.75, 3.05) is 34.4 Å². The average Bonchev–Trinajstić information content (AvgIpc) is 4.20. The van der Waals surface area contributed by atoms with Crippen LogP contribution in [0.15, 0.2) is 79.1 Å². The molecule has 0 spiro atoms. The molecule has 9 rings (SSSR count). The molecule has 4 N–H and O–H groups in total. The topological polar surface area (TPSA) is 198 Å². The van der Waals surface area contributed by atoms with Crippen molar-refractivity contribution in [1.82, 2.24) is 44.9 Å². The molecule has 2 fully saturated rings. The lowest BCUT2D eigenvalue weighted by Gasteiger charge is -2.30. The first-order valence-electron chi connectivity index (χ1n) is 22.9. The lowest BCUT2D eigenvalue weighted by atomic mass is 10.0. The fraction of sp³-hybridized carbons (Fsp3) is 0.400. The van der Waals surface area contributed by atoms with E-state index in [4.69, 9.17) is 28.9 Å². The number of aromatic nitrogens is 5. The number of hydrogen-bond acceptors (Lipinski definition) is 10. The maximum Gasteiger partial charge on any atom is 0.407 e. The van der Waals surface area contributed by atoms with E-state index < -0.39 is 30.5 Å². The summed E-state index contributed by atoms with van der Waals surface area (Å²) in [5.41, 5.74) is 7.24. The third-order valence-electron chi connectivity index (χ3n) is 13.3. The highest BCUT2D eigenvalue weighted by molar-refractivity contribution is 5.93. The largest absolute Gasteiger partial charge is 0.497 e. The second-order valence-electron chi connectivity index (χ2n) is 18.1. The Labute approximate surface area is 388 Å². The summed E-state index contributed by atoms with van der Waals surface area (Å²) in [6, 6.07) is 20.5. The number of benzene rings is 3. The number of likely N-dealkylation sites (tertiary alicyclic amines) is 2. The van der Waals surface area contributed by atoms with Crippen LogP contribution in [0, 0.1) is 11.8 Å². The summed E-state index contributed by atoms with van der Waals surface area (Å²) in [4.78, 5) is 72.0. The number of carbonyl (C=O) groups is 4. The van der Waals surface area contributed by atoms with Gasteiger partial charge in [-0.25, -0.2) is 19.6 Å². The predicted molar refractivity (Wildman–Crippen MR) is 250 cm³/mol. The first-order valence-corrected chi connectivity index (χ1v) is 22.9. The molecule has 1 unspecified atom stereocenters. The van der Waals surface area contributed by atoms with Gasteiger partial charge in [0.1, 0.15) is 35.2 Å². The van der Waals surface area contributed by atoms with Crippen LogP contribution >= 0.6 is 0 Å². The molecule has 0 aliphatic carbocycles. The summed E-state index contributed by atoms with van der Waals surface area (Å²) >= 11 is 0. The summed E-state index contributed by atoms with van der Waals surface area (Å²) in [5, 5.41) is 6.44. The average molecular weight is 912 g/mol. The molecule has 3 aromatic heterocycles. The number of imidazole rings is 2. The Bertz CT molecular complexity index is 2810. The molecule has 17 heteroatoms. The van der Waals surface area contributed by atoms with Gasteiger partial charge in [0.15, 0.2) is 0 Å². The molecular formula is C50H57N9O8. The number of hydrogen-bond donors (Lipinski definition) is 4. The molecular weight excluding hydrogens is 855 g/mol. The summed E-state index contributed by atoms with van der Waals surface area (Å²) in [7, 11) is 4.22. The van der Waals surface area contributed by atoms with Gasteiger partial charge in [-0.3, -0.25) is 9.59 Å². The maximum absolute atomic E-state index is 13.8. The van der Waals surface area contributed by atoms with Crippen LogP contribution < -0.4 is 20.1 Å². The first kappa shape index (κ1) is 44.9. The van der Waals surface area contributed by atoms with E-state index in [-0.39, 0.29) is 35.7 Å². The maximum atomic E-state index is 13.8. The quantitative estimate of drug-likeness (QED) is 0.0930. The van der Waals surface area contributed by atoms with Crippen LogP contribution in [-0.4, -0.2) is 105 Å². The molecule has 0 bridgehead atoms. The van der Waals surface area contributed by atoms with Crippen molar-refractivity contribution in [3.63, 3.8) is 0 Å². The van der Waals surface area contributed by atoms with Gasteiger partial charge in [0.25, 0.3) is 0 Å². The standard InChI is InChI=1S/C50H57N9O8/c1-27(2)42(55-49(62)65-6)46(60)57-20-8-10-38(57)44-51-25-35(53-44)30-15-19-37-32(22-30)23-40-34-18-14-31(24-41(34)67-48(59(37)40)29-12-16-33(64-5)17-13-29)36-26-52-45(54-36)39-11-9-21-58(39)47(61)43(28(3)4)56-50(63)66-7/h12-19,22-28,38-39,42-43,48H,8-11,20-21H2,1-7H3,(H,51,53)(H,52,54)(H,55,62)(H,56,63)/t38-,39-,42-,43-,48?/m0/s1. The molecule has 3 aliphatic rings. The summed E-state index contributed by atoms with van der Waals surface area (Å²) in [6.45, 7) is 8.72. The lowest BCUT2D eigenvalue weighted by Crippen LogP contribution is -2.51. The van der Waals surface area contributed by atoms with Crippen LogP contribution in [0.3, 0.4) is 0 Å². The monoisotopic (exact) mass is 911 g/mol. The lowest BCUT2D eigenvalue weighted by molar-refractivity contribution is -0.136. The van der Waals surface area contributed by atoms with Gasteiger partial charge in [-0.2, -0.15) is 0 Å². The van der Waals surface area contributed by atoms with Crippen LogP contribution in [0.2, 0.25) is 0 Å². The Morgan fingerprint density at radius 1 is 0.701 bits per heavy atom. The highest BCUT2D eigenvalue weighted by Crippen LogP contribution is 2.46. The van der Waals surface area contributed by atoms with Crippen LogP contribution in [0.4, 0.5) is 9.59 Å². The number of rotatable bonds is 12. The minimum Gasteiger partial charge on any atom is -0.497 e. The van der Waals surface area contributed by atoms with Crippen molar-refractivity contribution in [3.05, 3.63) is 96.3 Å². The van der Waals surface area contributed by atoms with E-state index in [0.29, 0.717) is 30.5 Å². The zero-order chi connectivity index (χ0) is 47.1. The zero-order valence-corrected chi connectivity index (χ0v) is 38.8. The Hall–Kier alpha value is -7.30. The van der Waals surface area contributed by atoms with Crippen LogP contribution in [0.5, 0.6) is 11.5 Å². The van der Waals surface area contributed by atoms with Gasteiger partial charge < -0.3 is 53.9 Å². The molecule has 6 heterocycles. The third-order valence-corrected chi connectivity index (χ3v) is 13.3. The molecule has 0 saturated carbocycles. The first-order chi connectivity index (χ1) is 32.4. The van der Waals surface area contributed by atoms with Crippen LogP contribution in [0.1, 0.15) is 88.9 Å². The Morgan fingerprint density at radius 2 is 1.24 bits per heavy atom. The molecule has 3 aromatic carbocycles. The second-order valence-corrected chi connectivity index (χ2v) is 18.1. The molecule has 0 radical (unpaired) electrons. The highest BCUT2D eigenvalue weighted by Gasteiger charge is 2.39. The van der Waals surface area contributed by atoms with E-state index in [1.54, 1.807) is 18.2 Å². The van der Waals surface area contributed by atoms with Gasteiger partial charge in [-0.1, -0.05) is 39.8 Å². The molecule has 5 atom stereocenters. The van der Waals surface area contributed by atoms with Crippen molar-refractivity contribution in [2.45, 2.75) is 83.8 Å². The van der Waals surface area contributed by atoms with Gasteiger partial charge >= 0.3 is 12.2 Å². The molecule has 17 nitrogen and oxygen atoms in total. The van der Waals surface area contributed by atoms with E-state index in [0.717, 1.165) is 81.7 Å². The zero-order valence-electron chi connectivity index (χ0n) is 38.8. The van der Waals surface area contributed by atoms with Crippen molar-refractivity contribution in [1.29, 1.82) is 0 Å². The normalized spacial score (nSPS) is 18.6. The minimum absolute atomic E-state index is 0.134. The second kappa shape index (κ2) is 18.5. The number of fused-ring (bicyclic) bond motifs is 5. The van der Waals surface area contributed by atoms with Crippen molar-refractivity contribution < 1.29 is 38.1 Å². The van der Waals surface area contributed by atoms with Crippen molar-refractivity contribution in [2.24, 2.45) is 11.8 Å². The molecule has 6 aromatic rings. The number of H-pyrrole nitrogens is 2. The Morgan fingerprint density at radius 3 is 1.76 bits per heavy atom. The molecule has 2 saturated heterocycles. The summed E-state index contributed by atoms with van der Waals surface area (Å²) in [6.07, 6.45) is 4.94. The van der Waals surface area contributed by atoms with Crippen LogP contribution in [-0.2, 0) is 19.1 Å². The molecule has 67 heavy (non-hydrogen) atoms. The number of ether oxygens (including phenoxy) is 4. The van der Waals surface area contributed by atoms with E-state index in [1.807, 2.05) is 75.2 Å². The van der Waals surface area contributed by atoms with Gasteiger partial charge in [-0.05, 0) is 92.1 Å². The highest BCUT2D eigenvalue weighted by atomic mass is 16.5. The Kier molecular flexibility index (Phi) is 12.4. The minimum atomic E-state index is -0.728. The smallest absolute Gasteiger partial charge is 0.407 e. The molecule has 350 valence electrons.